The van der Waals surface area contributed by atoms with E-state index in [0.29, 0.717) is 11.3 Å². The first-order valence-electron chi connectivity index (χ1n) is 15.7. The molecular formula is C36H38N4O7S. The number of esters is 1. The smallest absolute Gasteiger partial charge is 0.408 e. The molecule has 48 heavy (non-hydrogen) atoms. The predicted octanol–water partition coefficient (Wildman–Crippen LogP) is 4.36. The standard InChI is InChI=1S/C36H38N4O7S/c1-23(2)47-35(44)32(41)28(17-24-11-5-3-6-12-24)33(42)39-31-21-48-22-40(31)34(43)30(18-26-19-37-29-16-10-9-15-27(26)29)38-36(45)46-20-25-13-7-4-8-14-25/h3-16,19,23,28,30-31,37H,17-18,20-22H2,1-2H3,(H,38,45)(H,39,42)/t28-,30-,31+/m0/s1. The van der Waals surface area contributed by atoms with Crippen molar-refractivity contribution in [2.75, 3.05) is 11.6 Å². The number of fused-ring (bicyclic) bond motifs is 1. The molecule has 3 atom stereocenters. The number of hydrogen-bond donors (Lipinski definition) is 3. The fourth-order valence-corrected chi connectivity index (χ4v) is 6.54. The van der Waals surface area contributed by atoms with Crippen LogP contribution >= 0.6 is 11.8 Å². The highest BCUT2D eigenvalue weighted by molar-refractivity contribution is 7.99. The Morgan fingerprint density at radius 1 is 0.896 bits per heavy atom. The zero-order chi connectivity index (χ0) is 34.0. The molecule has 1 aromatic heterocycles. The summed E-state index contributed by atoms with van der Waals surface area (Å²) < 4.78 is 10.6. The number of ether oxygens (including phenoxy) is 2. The molecule has 1 aliphatic rings. The Morgan fingerprint density at radius 2 is 1.56 bits per heavy atom. The normalized spacial score (nSPS) is 15.5. The summed E-state index contributed by atoms with van der Waals surface area (Å²) in [5, 5.41) is 6.48. The van der Waals surface area contributed by atoms with E-state index < -0.39 is 53.9 Å². The Hall–Kier alpha value is -5.10. The number of hydrogen-bond acceptors (Lipinski definition) is 8. The Labute approximate surface area is 282 Å². The van der Waals surface area contributed by atoms with Crippen molar-refractivity contribution in [3.05, 3.63) is 108 Å². The van der Waals surface area contributed by atoms with Crippen molar-refractivity contribution in [1.82, 2.24) is 20.5 Å². The van der Waals surface area contributed by atoms with Crippen LogP contribution in [0.15, 0.2) is 91.1 Å². The van der Waals surface area contributed by atoms with E-state index in [0.717, 1.165) is 22.0 Å². The summed E-state index contributed by atoms with van der Waals surface area (Å²) in [4.78, 5) is 71.4. The lowest BCUT2D eigenvalue weighted by Crippen LogP contribution is -2.57. The summed E-state index contributed by atoms with van der Waals surface area (Å²) in [7, 11) is 0. The molecule has 0 radical (unpaired) electrons. The van der Waals surface area contributed by atoms with Gasteiger partial charge in [-0.05, 0) is 43.0 Å². The number of aromatic nitrogens is 1. The minimum absolute atomic E-state index is 0.0228. The van der Waals surface area contributed by atoms with Crippen molar-refractivity contribution >= 4 is 52.3 Å². The molecule has 3 amide bonds. The van der Waals surface area contributed by atoms with Crippen LogP contribution < -0.4 is 10.6 Å². The Balaban J connectivity index is 1.34. The summed E-state index contributed by atoms with van der Waals surface area (Å²) in [6, 6.07) is 24.7. The molecule has 0 saturated carbocycles. The van der Waals surface area contributed by atoms with E-state index in [1.165, 1.54) is 16.7 Å². The number of rotatable bonds is 13. The number of H-pyrrole nitrogens is 1. The van der Waals surface area contributed by atoms with Crippen LogP contribution in [0.1, 0.15) is 30.5 Å². The van der Waals surface area contributed by atoms with Crippen LogP contribution in [0.4, 0.5) is 4.79 Å². The number of para-hydroxylation sites is 1. The topological polar surface area (TPSA) is 147 Å². The number of carbonyl (C=O) groups excluding carboxylic acids is 5. The Morgan fingerprint density at radius 3 is 2.27 bits per heavy atom. The first-order chi connectivity index (χ1) is 23.2. The van der Waals surface area contributed by atoms with E-state index in [1.54, 1.807) is 44.3 Å². The zero-order valence-corrected chi connectivity index (χ0v) is 27.5. The molecule has 11 nitrogen and oxygen atoms in total. The average Bonchev–Trinajstić information content (AvgIpc) is 3.73. The monoisotopic (exact) mass is 670 g/mol. The van der Waals surface area contributed by atoms with E-state index >= 15 is 0 Å². The summed E-state index contributed by atoms with van der Waals surface area (Å²) in [5.74, 6) is -3.97. The number of aromatic amines is 1. The second-order valence-electron chi connectivity index (χ2n) is 11.7. The fraction of sp³-hybridized carbons (Fsp3) is 0.306. The number of nitrogens with zero attached hydrogens (tertiary/aromatic N) is 1. The van der Waals surface area contributed by atoms with Crippen molar-refractivity contribution in [2.24, 2.45) is 5.92 Å². The highest BCUT2D eigenvalue weighted by Crippen LogP contribution is 2.24. The van der Waals surface area contributed by atoms with Gasteiger partial charge < -0.3 is 30.0 Å². The van der Waals surface area contributed by atoms with Crippen molar-refractivity contribution in [1.29, 1.82) is 0 Å². The maximum atomic E-state index is 14.2. The molecule has 3 aromatic carbocycles. The quantitative estimate of drug-likeness (QED) is 0.108. The summed E-state index contributed by atoms with van der Waals surface area (Å²) in [6.45, 7) is 3.26. The number of nitrogens with one attached hydrogen (secondary N) is 3. The SMILES string of the molecule is CC(C)OC(=O)C(=O)[C@H](Cc1ccccc1)C(=O)N[C@H]1CSCN1C(=O)[C@H](Cc1c[nH]c2ccccc12)NC(=O)OCc1ccccc1. The molecule has 5 rings (SSSR count). The van der Waals surface area contributed by atoms with Gasteiger partial charge >= 0.3 is 12.1 Å². The number of ketones is 1. The first-order valence-corrected chi connectivity index (χ1v) is 16.8. The molecule has 2 heterocycles. The molecule has 250 valence electrons. The van der Waals surface area contributed by atoms with Gasteiger partial charge in [0.1, 0.15) is 24.7 Å². The molecule has 4 aromatic rings. The number of benzene rings is 3. The molecule has 0 bridgehead atoms. The Kier molecular flexibility index (Phi) is 11.5. The molecule has 0 unspecified atom stereocenters. The van der Waals surface area contributed by atoms with Crippen LogP contribution in [-0.2, 0) is 48.1 Å². The van der Waals surface area contributed by atoms with E-state index in [-0.39, 0.29) is 25.3 Å². The number of carbonyl (C=O) groups is 5. The number of alkyl carbamates (subject to hydrolysis) is 1. The largest absolute Gasteiger partial charge is 0.457 e. The van der Waals surface area contributed by atoms with Gasteiger partial charge in [-0.25, -0.2) is 9.59 Å². The average molecular weight is 671 g/mol. The second kappa shape index (κ2) is 16.1. The molecule has 0 spiro atoms. The van der Waals surface area contributed by atoms with Gasteiger partial charge in [0.25, 0.3) is 5.78 Å². The lowest BCUT2D eigenvalue weighted by atomic mass is 9.94. The minimum atomic E-state index is -1.37. The van der Waals surface area contributed by atoms with E-state index in [2.05, 4.69) is 15.6 Å². The predicted molar refractivity (Wildman–Crippen MR) is 182 cm³/mol. The van der Waals surface area contributed by atoms with Crippen LogP contribution in [0.3, 0.4) is 0 Å². The number of Topliss-reactive ketones (excluding diaryl/α,β-unsaturated/α-hetero) is 1. The first kappa shape index (κ1) is 34.2. The van der Waals surface area contributed by atoms with Gasteiger partial charge in [-0.3, -0.25) is 14.4 Å². The van der Waals surface area contributed by atoms with Crippen LogP contribution in [0.25, 0.3) is 10.9 Å². The van der Waals surface area contributed by atoms with Gasteiger partial charge in [0.05, 0.1) is 12.0 Å². The van der Waals surface area contributed by atoms with Crippen LogP contribution in [0, 0.1) is 5.92 Å². The van der Waals surface area contributed by atoms with Crippen LogP contribution in [-0.4, -0.2) is 69.5 Å². The van der Waals surface area contributed by atoms with Crippen molar-refractivity contribution in [3.8, 4) is 0 Å². The van der Waals surface area contributed by atoms with Gasteiger partial charge in [0.15, 0.2) is 0 Å². The molecule has 1 aliphatic heterocycles. The van der Waals surface area contributed by atoms with Gasteiger partial charge in [-0.2, -0.15) is 0 Å². The molecule has 1 saturated heterocycles. The maximum absolute atomic E-state index is 14.2. The fourth-order valence-electron chi connectivity index (χ4n) is 5.44. The summed E-state index contributed by atoms with van der Waals surface area (Å²) >= 11 is 1.42. The van der Waals surface area contributed by atoms with E-state index in [1.807, 2.05) is 60.7 Å². The third-order valence-corrected chi connectivity index (χ3v) is 8.85. The van der Waals surface area contributed by atoms with Gasteiger partial charge in [-0.15, -0.1) is 11.8 Å². The van der Waals surface area contributed by atoms with E-state index in [9.17, 15) is 24.0 Å². The van der Waals surface area contributed by atoms with Crippen molar-refractivity contribution in [2.45, 2.75) is 51.6 Å². The van der Waals surface area contributed by atoms with Gasteiger partial charge in [-0.1, -0.05) is 78.9 Å². The molecular weight excluding hydrogens is 632 g/mol. The van der Waals surface area contributed by atoms with Crippen LogP contribution in [0.2, 0.25) is 0 Å². The lowest BCUT2D eigenvalue weighted by Gasteiger charge is -2.30. The van der Waals surface area contributed by atoms with E-state index in [4.69, 9.17) is 9.47 Å². The van der Waals surface area contributed by atoms with Gasteiger partial charge in [0.2, 0.25) is 11.8 Å². The minimum Gasteiger partial charge on any atom is -0.457 e. The third kappa shape index (κ3) is 8.82. The zero-order valence-electron chi connectivity index (χ0n) is 26.7. The summed E-state index contributed by atoms with van der Waals surface area (Å²) in [5.41, 5.74) is 3.19. The van der Waals surface area contributed by atoms with Crippen molar-refractivity contribution < 1.29 is 33.4 Å². The highest BCUT2D eigenvalue weighted by Gasteiger charge is 2.39. The van der Waals surface area contributed by atoms with Gasteiger partial charge in [0, 0.05) is 29.3 Å². The van der Waals surface area contributed by atoms with Crippen molar-refractivity contribution in [3.63, 3.8) is 0 Å². The number of amides is 3. The second-order valence-corrected chi connectivity index (χ2v) is 12.7. The molecule has 0 aliphatic carbocycles. The summed E-state index contributed by atoms with van der Waals surface area (Å²) in [6.07, 6.45) is -0.166. The third-order valence-electron chi connectivity index (χ3n) is 7.84. The Bertz CT molecular complexity index is 1740. The molecule has 1 fully saturated rings. The highest BCUT2D eigenvalue weighted by atomic mass is 32.2. The maximum Gasteiger partial charge on any atom is 0.408 e. The molecule has 3 N–H and O–H groups in total. The van der Waals surface area contributed by atoms with Crippen LogP contribution in [0.5, 0.6) is 0 Å². The molecule has 12 heteroatoms. The number of thioether (sulfide) groups is 1. The lowest BCUT2D eigenvalue weighted by molar-refractivity contribution is -0.160.